The van der Waals surface area contributed by atoms with Gasteiger partial charge in [-0.15, -0.1) is 5.10 Å². The van der Waals surface area contributed by atoms with Crippen LogP contribution in [0.3, 0.4) is 0 Å². The predicted octanol–water partition coefficient (Wildman–Crippen LogP) is 2.12. The van der Waals surface area contributed by atoms with E-state index in [1.165, 1.54) is 6.33 Å². The van der Waals surface area contributed by atoms with Gasteiger partial charge in [0.2, 0.25) is 0 Å². The number of nitrogens with zero attached hydrogens (tertiary/aromatic N) is 5. The molecule has 0 aliphatic rings. The van der Waals surface area contributed by atoms with Crippen molar-refractivity contribution in [2.24, 2.45) is 4.99 Å². The van der Waals surface area contributed by atoms with Crippen molar-refractivity contribution in [1.82, 2.24) is 20.2 Å². The number of aromatic nitrogens is 4. The van der Waals surface area contributed by atoms with Crippen molar-refractivity contribution in [1.29, 1.82) is 0 Å². The number of para-hydroxylation sites is 1. The van der Waals surface area contributed by atoms with Gasteiger partial charge in [-0.2, -0.15) is 0 Å². The molecule has 0 aliphatic heterocycles. The lowest BCUT2D eigenvalue weighted by molar-refractivity contribution is 0.474. The van der Waals surface area contributed by atoms with Crippen LogP contribution < -0.4 is 0 Å². The van der Waals surface area contributed by atoms with E-state index < -0.39 is 0 Å². The van der Waals surface area contributed by atoms with E-state index in [9.17, 15) is 5.11 Å². The molecule has 1 N–H and O–H groups in total. The van der Waals surface area contributed by atoms with Gasteiger partial charge in [-0.25, -0.2) is 4.68 Å². The lowest BCUT2D eigenvalue weighted by Gasteiger charge is -2.00. The third-order valence-corrected chi connectivity index (χ3v) is 2.73. The largest absolute Gasteiger partial charge is 0.507 e. The number of hydrogen-bond donors (Lipinski definition) is 1. The van der Waals surface area contributed by atoms with E-state index in [0.29, 0.717) is 5.56 Å². The number of benzene rings is 2. The molecule has 6 heteroatoms. The molecule has 20 heavy (non-hydrogen) atoms. The lowest BCUT2D eigenvalue weighted by atomic mass is 10.2. The molecule has 98 valence electrons. The molecule has 0 atom stereocenters. The smallest absolute Gasteiger partial charge is 0.143 e. The Balaban J connectivity index is 1.89. The molecule has 3 aromatic rings. The average Bonchev–Trinajstić information content (AvgIpc) is 3.01. The van der Waals surface area contributed by atoms with Crippen molar-refractivity contribution in [3.8, 4) is 11.4 Å². The minimum absolute atomic E-state index is 0.202. The van der Waals surface area contributed by atoms with Gasteiger partial charge >= 0.3 is 0 Å². The van der Waals surface area contributed by atoms with Gasteiger partial charge in [0, 0.05) is 11.8 Å². The van der Waals surface area contributed by atoms with Crippen molar-refractivity contribution in [2.45, 2.75) is 0 Å². The van der Waals surface area contributed by atoms with Crippen LogP contribution in [0.5, 0.6) is 5.75 Å². The van der Waals surface area contributed by atoms with Crippen LogP contribution in [0.4, 0.5) is 5.69 Å². The maximum Gasteiger partial charge on any atom is 0.143 e. The quantitative estimate of drug-likeness (QED) is 0.736. The SMILES string of the molecule is Oc1ccccc1C=Nc1cccc(-n2cnnn2)c1. The van der Waals surface area contributed by atoms with E-state index >= 15 is 0 Å². The van der Waals surface area contributed by atoms with Gasteiger partial charge in [-0.05, 0) is 40.8 Å². The molecule has 0 bridgehead atoms. The highest BCUT2D eigenvalue weighted by atomic mass is 16.3. The fraction of sp³-hybridized carbons (Fsp3) is 0. The Morgan fingerprint density at radius 3 is 2.80 bits per heavy atom. The van der Waals surface area contributed by atoms with Crippen molar-refractivity contribution in [3.05, 3.63) is 60.4 Å². The van der Waals surface area contributed by atoms with Crippen LogP contribution >= 0.6 is 0 Å². The van der Waals surface area contributed by atoms with Crippen molar-refractivity contribution in [2.75, 3.05) is 0 Å². The molecule has 0 amide bonds. The number of phenolic OH excluding ortho intramolecular Hbond substituents is 1. The summed E-state index contributed by atoms with van der Waals surface area (Å²) in [6.07, 6.45) is 3.14. The molecule has 2 aromatic carbocycles. The zero-order valence-electron chi connectivity index (χ0n) is 10.5. The number of tetrazole rings is 1. The molecular formula is C14H11N5O. The summed E-state index contributed by atoms with van der Waals surface area (Å²) >= 11 is 0. The molecule has 3 rings (SSSR count). The van der Waals surface area contributed by atoms with E-state index in [4.69, 9.17) is 0 Å². The molecule has 0 fully saturated rings. The van der Waals surface area contributed by atoms with Gasteiger partial charge < -0.3 is 5.11 Å². The van der Waals surface area contributed by atoms with E-state index in [2.05, 4.69) is 20.5 Å². The fourth-order valence-corrected chi connectivity index (χ4v) is 1.74. The predicted molar refractivity (Wildman–Crippen MR) is 74.5 cm³/mol. The van der Waals surface area contributed by atoms with E-state index in [0.717, 1.165) is 11.4 Å². The first-order valence-electron chi connectivity index (χ1n) is 5.98. The van der Waals surface area contributed by atoms with E-state index in [1.54, 1.807) is 29.1 Å². The standard InChI is InChI=1S/C14H11N5O/c20-14-7-2-1-4-11(14)9-15-12-5-3-6-13(8-12)19-10-16-17-18-19/h1-10,20H. The molecule has 0 saturated heterocycles. The number of phenols is 1. The Kier molecular flexibility index (Phi) is 3.20. The third kappa shape index (κ3) is 2.54. The first kappa shape index (κ1) is 12.0. The second kappa shape index (κ2) is 5.31. The maximum absolute atomic E-state index is 9.67. The lowest BCUT2D eigenvalue weighted by Crippen LogP contribution is -1.94. The Morgan fingerprint density at radius 2 is 2.00 bits per heavy atom. The second-order valence-corrected chi connectivity index (χ2v) is 4.09. The summed E-state index contributed by atoms with van der Waals surface area (Å²) in [5.74, 6) is 0.202. The first-order chi connectivity index (χ1) is 9.83. The molecule has 0 unspecified atom stereocenters. The number of aliphatic imine (C=N–C) groups is 1. The van der Waals surface area contributed by atoms with Crippen molar-refractivity contribution in [3.63, 3.8) is 0 Å². The first-order valence-corrected chi connectivity index (χ1v) is 5.98. The topological polar surface area (TPSA) is 76.2 Å². The minimum atomic E-state index is 0.202. The van der Waals surface area contributed by atoms with Crippen LogP contribution in [-0.4, -0.2) is 31.5 Å². The fourth-order valence-electron chi connectivity index (χ4n) is 1.74. The van der Waals surface area contributed by atoms with E-state index in [1.807, 2.05) is 30.3 Å². The maximum atomic E-state index is 9.67. The van der Waals surface area contributed by atoms with Crippen LogP contribution in [0, 0.1) is 0 Å². The normalized spacial score (nSPS) is 11.0. The highest BCUT2D eigenvalue weighted by Crippen LogP contribution is 2.18. The number of rotatable bonds is 3. The van der Waals surface area contributed by atoms with Crippen LogP contribution in [0.1, 0.15) is 5.56 Å². The highest BCUT2D eigenvalue weighted by molar-refractivity contribution is 5.85. The zero-order valence-corrected chi connectivity index (χ0v) is 10.5. The van der Waals surface area contributed by atoms with Gasteiger partial charge in [0.05, 0.1) is 11.4 Å². The van der Waals surface area contributed by atoms with Gasteiger partial charge in [0.25, 0.3) is 0 Å². The molecule has 1 aromatic heterocycles. The Morgan fingerprint density at radius 1 is 1.10 bits per heavy atom. The Bertz CT molecular complexity index is 737. The minimum Gasteiger partial charge on any atom is -0.507 e. The summed E-state index contributed by atoms with van der Waals surface area (Å²) in [7, 11) is 0. The molecule has 0 aliphatic carbocycles. The zero-order chi connectivity index (χ0) is 13.8. The molecule has 1 heterocycles. The van der Waals surface area contributed by atoms with Crippen molar-refractivity contribution < 1.29 is 5.11 Å². The van der Waals surface area contributed by atoms with E-state index in [-0.39, 0.29) is 5.75 Å². The van der Waals surface area contributed by atoms with Crippen LogP contribution in [0.15, 0.2) is 59.9 Å². The monoisotopic (exact) mass is 265 g/mol. The Labute approximate surface area is 115 Å². The number of hydrogen-bond acceptors (Lipinski definition) is 5. The molecule has 0 saturated carbocycles. The van der Waals surface area contributed by atoms with Gasteiger partial charge in [0.15, 0.2) is 0 Å². The highest BCUT2D eigenvalue weighted by Gasteiger charge is 1.99. The van der Waals surface area contributed by atoms with Gasteiger partial charge in [-0.3, -0.25) is 4.99 Å². The van der Waals surface area contributed by atoms with Crippen molar-refractivity contribution >= 4 is 11.9 Å². The average molecular weight is 265 g/mol. The number of aromatic hydroxyl groups is 1. The van der Waals surface area contributed by atoms with Crippen LogP contribution in [0.2, 0.25) is 0 Å². The summed E-state index contributed by atoms with van der Waals surface area (Å²) < 4.78 is 1.55. The van der Waals surface area contributed by atoms with Crippen LogP contribution in [0.25, 0.3) is 5.69 Å². The molecule has 6 nitrogen and oxygen atoms in total. The van der Waals surface area contributed by atoms with Gasteiger partial charge in [-0.1, -0.05) is 18.2 Å². The summed E-state index contributed by atoms with van der Waals surface area (Å²) in [4.78, 5) is 4.34. The van der Waals surface area contributed by atoms with Gasteiger partial charge in [0.1, 0.15) is 12.1 Å². The summed E-state index contributed by atoms with van der Waals surface area (Å²) in [5, 5.41) is 20.7. The summed E-state index contributed by atoms with van der Waals surface area (Å²) in [6, 6.07) is 14.5. The third-order valence-electron chi connectivity index (χ3n) is 2.73. The Hall–Kier alpha value is -3.02. The molecule has 0 spiro atoms. The summed E-state index contributed by atoms with van der Waals surface area (Å²) in [6.45, 7) is 0. The molecular weight excluding hydrogens is 254 g/mol. The molecule has 0 radical (unpaired) electrons. The van der Waals surface area contributed by atoms with Crippen LogP contribution in [-0.2, 0) is 0 Å². The second-order valence-electron chi connectivity index (χ2n) is 4.09. The summed E-state index contributed by atoms with van der Waals surface area (Å²) in [5.41, 5.74) is 2.24.